The zero-order chi connectivity index (χ0) is 13.0. The lowest BCUT2D eigenvalue weighted by molar-refractivity contribution is 0.392. The fraction of sp³-hybridized carbons (Fsp3) is 0.333. The SMILES string of the molecule is CCCc1cc(=S)nc(-c2ccc(OC)nn2)[nH]1. The lowest BCUT2D eigenvalue weighted by Gasteiger charge is -2.04. The van der Waals surface area contributed by atoms with Crippen LogP contribution >= 0.6 is 12.2 Å². The third kappa shape index (κ3) is 2.89. The van der Waals surface area contributed by atoms with Crippen molar-refractivity contribution in [2.75, 3.05) is 7.11 Å². The minimum atomic E-state index is 0.474. The zero-order valence-corrected chi connectivity index (χ0v) is 11.1. The minimum absolute atomic E-state index is 0.474. The van der Waals surface area contributed by atoms with Crippen molar-refractivity contribution in [1.82, 2.24) is 20.2 Å². The maximum Gasteiger partial charge on any atom is 0.233 e. The van der Waals surface area contributed by atoms with Gasteiger partial charge in [-0.3, -0.25) is 0 Å². The van der Waals surface area contributed by atoms with Gasteiger partial charge in [0, 0.05) is 11.8 Å². The van der Waals surface area contributed by atoms with Crippen LogP contribution in [0.3, 0.4) is 0 Å². The third-order valence-electron chi connectivity index (χ3n) is 2.41. The Balaban J connectivity index is 2.39. The van der Waals surface area contributed by atoms with E-state index in [1.807, 2.05) is 6.07 Å². The fourth-order valence-electron chi connectivity index (χ4n) is 1.59. The molecular formula is C12H14N4OS. The normalized spacial score (nSPS) is 10.3. The summed E-state index contributed by atoms with van der Waals surface area (Å²) in [6.45, 7) is 2.12. The van der Waals surface area contributed by atoms with Crippen molar-refractivity contribution in [3.63, 3.8) is 0 Å². The Labute approximate surface area is 110 Å². The van der Waals surface area contributed by atoms with E-state index in [1.165, 1.54) is 0 Å². The molecule has 0 amide bonds. The lowest BCUT2D eigenvalue weighted by Crippen LogP contribution is -1.99. The zero-order valence-electron chi connectivity index (χ0n) is 10.3. The molecule has 5 nitrogen and oxygen atoms in total. The number of methoxy groups -OCH3 is 1. The summed E-state index contributed by atoms with van der Waals surface area (Å²) < 4.78 is 5.53. The number of aromatic amines is 1. The van der Waals surface area contributed by atoms with E-state index >= 15 is 0 Å². The first kappa shape index (κ1) is 12.6. The molecule has 0 saturated heterocycles. The molecule has 0 aromatic carbocycles. The summed E-state index contributed by atoms with van der Waals surface area (Å²) in [5, 5.41) is 7.96. The molecule has 0 bridgehead atoms. The van der Waals surface area contributed by atoms with Gasteiger partial charge in [-0.1, -0.05) is 25.6 Å². The van der Waals surface area contributed by atoms with Crippen LogP contribution in [0.15, 0.2) is 18.2 Å². The molecule has 0 aliphatic rings. The molecule has 0 saturated carbocycles. The molecule has 0 atom stereocenters. The number of aryl methyl sites for hydroxylation is 1. The molecule has 2 rings (SSSR count). The molecule has 2 aromatic heterocycles. The standard InChI is InChI=1S/C12H14N4OS/c1-3-4-8-7-11(18)14-12(13-8)9-5-6-10(17-2)16-15-9/h5-7H,3-4H2,1-2H3,(H,13,14,18). The van der Waals surface area contributed by atoms with Crippen LogP contribution in [0, 0.1) is 4.64 Å². The Morgan fingerprint density at radius 1 is 1.33 bits per heavy atom. The van der Waals surface area contributed by atoms with Crippen molar-refractivity contribution in [2.24, 2.45) is 0 Å². The molecule has 0 unspecified atom stereocenters. The monoisotopic (exact) mass is 262 g/mol. The van der Waals surface area contributed by atoms with E-state index in [4.69, 9.17) is 17.0 Å². The highest BCUT2D eigenvalue weighted by Crippen LogP contribution is 2.14. The van der Waals surface area contributed by atoms with Crippen molar-refractivity contribution in [3.05, 3.63) is 28.5 Å². The third-order valence-corrected chi connectivity index (χ3v) is 2.62. The maximum atomic E-state index is 5.15. The molecule has 2 heterocycles. The van der Waals surface area contributed by atoms with Crippen LogP contribution in [0.25, 0.3) is 11.5 Å². The number of nitrogens with zero attached hydrogens (tertiary/aromatic N) is 3. The Kier molecular flexibility index (Phi) is 3.99. The van der Waals surface area contributed by atoms with Crippen molar-refractivity contribution in [3.8, 4) is 17.4 Å². The van der Waals surface area contributed by atoms with E-state index in [2.05, 4.69) is 27.1 Å². The van der Waals surface area contributed by atoms with Crippen LogP contribution in [0.5, 0.6) is 5.88 Å². The number of hydrogen-bond donors (Lipinski definition) is 1. The Morgan fingerprint density at radius 2 is 2.17 bits per heavy atom. The van der Waals surface area contributed by atoms with E-state index in [0.29, 0.717) is 22.0 Å². The van der Waals surface area contributed by atoms with Gasteiger partial charge in [-0.2, -0.15) is 0 Å². The first-order valence-corrected chi connectivity index (χ1v) is 6.12. The molecule has 0 spiro atoms. The van der Waals surface area contributed by atoms with Gasteiger partial charge < -0.3 is 9.72 Å². The van der Waals surface area contributed by atoms with Gasteiger partial charge in [-0.15, -0.1) is 10.2 Å². The summed E-state index contributed by atoms with van der Waals surface area (Å²) >= 11 is 5.15. The van der Waals surface area contributed by atoms with Crippen LogP contribution in [0.2, 0.25) is 0 Å². The highest BCUT2D eigenvalue weighted by atomic mass is 32.1. The van der Waals surface area contributed by atoms with E-state index in [1.54, 1.807) is 19.2 Å². The van der Waals surface area contributed by atoms with Gasteiger partial charge in [0.25, 0.3) is 0 Å². The minimum Gasteiger partial charge on any atom is -0.480 e. The second-order valence-electron chi connectivity index (χ2n) is 3.80. The predicted molar refractivity (Wildman–Crippen MR) is 71.0 cm³/mol. The summed E-state index contributed by atoms with van der Waals surface area (Å²) in [5.74, 6) is 1.11. The van der Waals surface area contributed by atoms with E-state index in [-0.39, 0.29) is 0 Å². The maximum absolute atomic E-state index is 5.15. The average molecular weight is 262 g/mol. The first-order valence-electron chi connectivity index (χ1n) is 5.71. The van der Waals surface area contributed by atoms with Crippen molar-refractivity contribution in [2.45, 2.75) is 19.8 Å². The number of H-pyrrole nitrogens is 1. The summed E-state index contributed by atoms with van der Waals surface area (Å²) in [5.41, 5.74) is 1.71. The number of aromatic nitrogens is 4. The second kappa shape index (κ2) is 5.68. The molecule has 0 radical (unpaired) electrons. The fourth-order valence-corrected chi connectivity index (χ4v) is 1.82. The van der Waals surface area contributed by atoms with E-state index < -0.39 is 0 Å². The van der Waals surface area contributed by atoms with Crippen molar-refractivity contribution >= 4 is 12.2 Å². The van der Waals surface area contributed by atoms with E-state index in [0.717, 1.165) is 18.5 Å². The van der Waals surface area contributed by atoms with Crippen LogP contribution in [0.1, 0.15) is 19.0 Å². The number of ether oxygens (including phenoxy) is 1. The molecule has 0 aliphatic carbocycles. The lowest BCUT2D eigenvalue weighted by atomic mass is 10.2. The van der Waals surface area contributed by atoms with Gasteiger partial charge in [-0.05, 0) is 18.6 Å². The molecule has 0 fully saturated rings. The quantitative estimate of drug-likeness (QED) is 0.858. The second-order valence-corrected chi connectivity index (χ2v) is 4.22. The van der Waals surface area contributed by atoms with Crippen LogP contribution in [0.4, 0.5) is 0 Å². The summed E-state index contributed by atoms with van der Waals surface area (Å²) in [6, 6.07) is 5.42. The highest BCUT2D eigenvalue weighted by molar-refractivity contribution is 7.71. The smallest absolute Gasteiger partial charge is 0.233 e. The highest BCUT2D eigenvalue weighted by Gasteiger charge is 2.05. The van der Waals surface area contributed by atoms with Crippen molar-refractivity contribution < 1.29 is 4.74 Å². The van der Waals surface area contributed by atoms with Crippen LogP contribution < -0.4 is 4.74 Å². The predicted octanol–water partition coefficient (Wildman–Crippen LogP) is 2.56. The average Bonchev–Trinajstić information content (AvgIpc) is 2.38. The molecule has 18 heavy (non-hydrogen) atoms. The van der Waals surface area contributed by atoms with Crippen molar-refractivity contribution in [1.29, 1.82) is 0 Å². The Morgan fingerprint density at radius 3 is 2.78 bits per heavy atom. The topological polar surface area (TPSA) is 63.7 Å². The summed E-state index contributed by atoms with van der Waals surface area (Å²) in [6.07, 6.45) is 1.98. The van der Waals surface area contributed by atoms with Gasteiger partial charge in [-0.25, -0.2) is 4.98 Å². The first-order chi connectivity index (χ1) is 8.72. The largest absolute Gasteiger partial charge is 0.480 e. The summed E-state index contributed by atoms with van der Waals surface area (Å²) in [7, 11) is 1.55. The van der Waals surface area contributed by atoms with Gasteiger partial charge >= 0.3 is 0 Å². The molecular weight excluding hydrogens is 248 g/mol. The molecule has 0 aliphatic heterocycles. The Bertz CT molecular complexity index is 579. The number of nitrogens with one attached hydrogen (secondary N) is 1. The van der Waals surface area contributed by atoms with Gasteiger partial charge in [0.1, 0.15) is 10.3 Å². The van der Waals surface area contributed by atoms with Gasteiger partial charge in [0.05, 0.1) is 7.11 Å². The molecule has 2 aromatic rings. The molecule has 1 N–H and O–H groups in total. The van der Waals surface area contributed by atoms with Gasteiger partial charge in [0.2, 0.25) is 5.88 Å². The molecule has 94 valence electrons. The number of hydrogen-bond acceptors (Lipinski definition) is 5. The van der Waals surface area contributed by atoms with Crippen LogP contribution in [-0.4, -0.2) is 27.3 Å². The van der Waals surface area contributed by atoms with Crippen LogP contribution in [-0.2, 0) is 6.42 Å². The van der Waals surface area contributed by atoms with Gasteiger partial charge in [0.15, 0.2) is 5.82 Å². The Hall–Kier alpha value is -1.82. The van der Waals surface area contributed by atoms with E-state index in [9.17, 15) is 0 Å². The summed E-state index contributed by atoms with van der Waals surface area (Å²) in [4.78, 5) is 7.48. The number of rotatable bonds is 4. The molecule has 6 heteroatoms.